The Kier molecular flexibility index (Phi) is 10.1. The minimum absolute atomic E-state index is 0.0193. The molecule has 1 amide bonds. The Bertz CT molecular complexity index is 1140. The topological polar surface area (TPSA) is 96.5 Å². The highest BCUT2D eigenvalue weighted by Crippen LogP contribution is 2.28. The first kappa shape index (κ1) is 29.1. The van der Waals surface area contributed by atoms with Crippen molar-refractivity contribution in [1.29, 1.82) is 0 Å². The second kappa shape index (κ2) is 12.8. The molecule has 0 aromatic heterocycles. The summed E-state index contributed by atoms with van der Waals surface area (Å²) in [6.45, 7) is 2.01. The summed E-state index contributed by atoms with van der Waals surface area (Å²) in [4.78, 5) is 13.2. The van der Waals surface area contributed by atoms with Crippen LogP contribution in [0.1, 0.15) is 45.4 Å². The zero-order valence-corrected chi connectivity index (χ0v) is 21.9. The van der Waals surface area contributed by atoms with Crippen molar-refractivity contribution in [2.75, 3.05) is 11.9 Å². The van der Waals surface area contributed by atoms with Crippen molar-refractivity contribution in [2.24, 2.45) is 5.92 Å². The SMILES string of the molecule is CC(CNc1ccc(OC(F)(F)F)cc1)NC(=O)[C@H](CC1CCCCC1)NS(=O)(=O)c1cccc(Cl)c1. The van der Waals surface area contributed by atoms with Gasteiger partial charge in [-0.3, -0.25) is 4.79 Å². The Morgan fingerprint density at radius 1 is 1.11 bits per heavy atom. The van der Waals surface area contributed by atoms with E-state index in [2.05, 4.69) is 20.1 Å². The summed E-state index contributed by atoms with van der Waals surface area (Å²) < 4.78 is 69.4. The maximum atomic E-state index is 13.2. The largest absolute Gasteiger partial charge is 0.573 e. The number of benzene rings is 2. The summed E-state index contributed by atoms with van der Waals surface area (Å²) in [6.07, 6.45) is 0.720. The van der Waals surface area contributed by atoms with Gasteiger partial charge in [-0.05, 0) is 61.7 Å². The van der Waals surface area contributed by atoms with Crippen LogP contribution in [-0.4, -0.2) is 39.3 Å². The zero-order valence-electron chi connectivity index (χ0n) is 20.4. The predicted octanol–water partition coefficient (Wildman–Crippen LogP) is 5.47. The van der Waals surface area contributed by atoms with Gasteiger partial charge in [0.05, 0.1) is 4.90 Å². The third-order valence-corrected chi connectivity index (χ3v) is 7.81. The fourth-order valence-corrected chi connectivity index (χ4v) is 5.80. The summed E-state index contributed by atoms with van der Waals surface area (Å²) >= 11 is 5.96. The Hall–Kier alpha value is -2.50. The van der Waals surface area contributed by atoms with Gasteiger partial charge >= 0.3 is 6.36 Å². The van der Waals surface area contributed by atoms with E-state index in [9.17, 15) is 26.4 Å². The minimum atomic E-state index is -4.77. The van der Waals surface area contributed by atoms with Crippen LogP contribution in [0, 0.1) is 5.92 Å². The van der Waals surface area contributed by atoms with Crippen LogP contribution < -0.4 is 20.1 Å². The minimum Gasteiger partial charge on any atom is -0.406 e. The monoisotopic (exact) mass is 561 g/mol. The maximum absolute atomic E-state index is 13.2. The molecule has 3 rings (SSSR count). The number of carbonyl (C=O) groups excluding carboxylic acids is 1. The molecule has 0 radical (unpaired) electrons. The van der Waals surface area contributed by atoms with Crippen LogP contribution >= 0.6 is 11.6 Å². The van der Waals surface area contributed by atoms with Gasteiger partial charge in [-0.25, -0.2) is 8.42 Å². The fraction of sp³-hybridized carbons (Fsp3) is 0.480. The highest BCUT2D eigenvalue weighted by molar-refractivity contribution is 7.89. The van der Waals surface area contributed by atoms with Crippen molar-refractivity contribution >= 4 is 33.2 Å². The highest BCUT2D eigenvalue weighted by atomic mass is 35.5. The number of anilines is 1. The lowest BCUT2D eigenvalue weighted by Crippen LogP contribution is -2.51. The van der Waals surface area contributed by atoms with Gasteiger partial charge in [-0.15, -0.1) is 13.2 Å². The van der Waals surface area contributed by atoms with Crippen LogP contribution in [0.4, 0.5) is 18.9 Å². The molecule has 2 aromatic rings. The molecule has 1 aliphatic rings. The lowest BCUT2D eigenvalue weighted by Gasteiger charge is -2.27. The number of carbonyl (C=O) groups is 1. The molecule has 2 atom stereocenters. The van der Waals surface area contributed by atoms with Gasteiger partial charge in [-0.2, -0.15) is 4.72 Å². The molecule has 0 spiro atoms. The Morgan fingerprint density at radius 3 is 2.41 bits per heavy atom. The van der Waals surface area contributed by atoms with Gasteiger partial charge in [0.1, 0.15) is 11.8 Å². The average Bonchev–Trinajstić information content (AvgIpc) is 2.83. The second-order valence-electron chi connectivity index (χ2n) is 9.23. The van der Waals surface area contributed by atoms with E-state index in [4.69, 9.17) is 11.6 Å². The molecule has 3 N–H and O–H groups in total. The van der Waals surface area contributed by atoms with Crippen LogP contribution in [-0.2, 0) is 14.8 Å². The molecule has 0 bridgehead atoms. The number of hydrogen-bond acceptors (Lipinski definition) is 5. The van der Waals surface area contributed by atoms with Crippen molar-refractivity contribution in [1.82, 2.24) is 10.0 Å². The summed E-state index contributed by atoms with van der Waals surface area (Å²) in [5, 5.41) is 6.15. The first-order valence-corrected chi connectivity index (χ1v) is 14.0. The zero-order chi connectivity index (χ0) is 27.1. The van der Waals surface area contributed by atoms with Crippen molar-refractivity contribution in [2.45, 2.75) is 68.8 Å². The number of ether oxygens (including phenoxy) is 1. The van der Waals surface area contributed by atoms with E-state index >= 15 is 0 Å². The second-order valence-corrected chi connectivity index (χ2v) is 11.4. The molecule has 1 aliphatic carbocycles. The molecule has 0 heterocycles. The van der Waals surface area contributed by atoms with E-state index in [1.54, 1.807) is 13.0 Å². The highest BCUT2D eigenvalue weighted by Gasteiger charge is 2.31. The molecular weight excluding hydrogens is 531 g/mol. The molecular formula is C25H31ClF3N3O4S. The maximum Gasteiger partial charge on any atom is 0.573 e. The quantitative estimate of drug-likeness (QED) is 0.338. The number of alkyl halides is 3. The molecule has 0 aliphatic heterocycles. The summed E-state index contributed by atoms with van der Waals surface area (Å²) in [6, 6.07) is 9.71. The molecule has 12 heteroatoms. The van der Waals surface area contributed by atoms with Gasteiger partial charge in [0.15, 0.2) is 0 Å². The number of sulfonamides is 1. The van der Waals surface area contributed by atoms with Crippen LogP contribution in [0.25, 0.3) is 0 Å². The lowest BCUT2D eigenvalue weighted by atomic mass is 9.85. The van der Waals surface area contributed by atoms with E-state index in [1.165, 1.54) is 42.5 Å². The number of nitrogens with one attached hydrogen (secondary N) is 3. The molecule has 1 saturated carbocycles. The van der Waals surface area contributed by atoms with Gasteiger partial charge in [0.2, 0.25) is 15.9 Å². The summed E-state index contributed by atoms with van der Waals surface area (Å²) in [5.74, 6) is -0.547. The first-order valence-electron chi connectivity index (χ1n) is 12.1. The molecule has 0 saturated heterocycles. The molecule has 7 nitrogen and oxygen atoms in total. The number of hydrogen-bond donors (Lipinski definition) is 3. The normalized spacial score (nSPS) is 16.6. The van der Waals surface area contributed by atoms with Crippen LogP contribution in [0.3, 0.4) is 0 Å². The van der Waals surface area contributed by atoms with Gasteiger partial charge in [0, 0.05) is 23.3 Å². The van der Waals surface area contributed by atoms with Gasteiger partial charge in [-0.1, -0.05) is 49.8 Å². The smallest absolute Gasteiger partial charge is 0.406 e. The van der Waals surface area contributed by atoms with E-state index in [0.29, 0.717) is 12.1 Å². The summed E-state index contributed by atoms with van der Waals surface area (Å²) in [5.41, 5.74) is 0.538. The molecule has 1 fully saturated rings. The van der Waals surface area contributed by atoms with Crippen molar-refractivity contribution < 1.29 is 31.1 Å². The van der Waals surface area contributed by atoms with Crippen LogP contribution in [0.2, 0.25) is 5.02 Å². The predicted molar refractivity (Wildman–Crippen MR) is 136 cm³/mol. The molecule has 1 unspecified atom stereocenters. The Balaban J connectivity index is 1.62. The van der Waals surface area contributed by atoms with Crippen LogP contribution in [0.5, 0.6) is 5.75 Å². The van der Waals surface area contributed by atoms with E-state index < -0.39 is 34.4 Å². The van der Waals surface area contributed by atoms with E-state index in [-0.39, 0.29) is 28.1 Å². The average molecular weight is 562 g/mol. The number of amides is 1. The lowest BCUT2D eigenvalue weighted by molar-refractivity contribution is -0.274. The van der Waals surface area contributed by atoms with Crippen molar-refractivity contribution in [3.8, 4) is 5.75 Å². The van der Waals surface area contributed by atoms with Gasteiger partial charge < -0.3 is 15.4 Å². The summed E-state index contributed by atoms with van der Waals surface area (Å²) in [7, 11) is -3.99. The number of halogens is 4. The van der Waals surface area contributed by atoms with Gasteiger partial charge in [0.25, 0.3) is 0 Å². The fourth-order valence-electron chi connectivity index (χ4n) is 4.29. The van der Waals surface area contributed by atoms with E-state index in [0.717, 1.165) is 32.1 Å². The third kappa shape index (κ3) is 9.71. The third-order valence-electron chi connectivity index (χ3n) is 6.10. The molecule has 2 aromatic carbocycles. The van der Waals surface area contributed by atoms with E-state index in [1.807, 2.05) is 0 Å². The Labute approximate surface area is 220 Å². The Morgan fingerprint density at radius 2 is 1.78 bits per heavy atom. The molecule has 37 heavy (non-hydrogen) atoms. The van der Waals surface area contributed by atoms with Crippen molar-refractivity contribution in [3.05, 3.63) is 53.6 Å². The van der Waals surface area contributed by atoms with Crippen molar-refractivity contribution in [3.63, 3.8) is 0 Å². The molecule has 204 valence electrons. The standard InChI is InChI=1S/C25H31ClF3N3O4S/c1-17(16-30-20-10-12-21(13-11-20)36-25(27,28)29)31-24(33)23(14-18-6-3-2-4-7-18)32-37(34,35)22-9-5-8-19(26)15-22/h5,8-13,15,17-18,23,30,32H,2-4,6-7,14,16H2,1H3,(H,31,33)/t17?,23-/m0/s1. The van der Waals surface area contributed by atoms with Crippen LogP contribution in [0.15, 0.2) is 53.4 Å². The first-order chi connectivity index (χ1) is 17.4. The number of rotatable bonds is 11.